The Morgan fingerprint density at radius 1 is 1.25 bits per heavy atom. The fraction of sp³-hybridized carbons (Fsp3) is 0.600. The minimum atomic E-state index is -3.44. The van der Waals surface area contributed by atoms with Crippen molar-refractivity contribution in [2.24, 2.45) is 11.7 Å². The molecule has 1 aromatic carbocycles. The van der Waals surface area contributed by atoms with Crippen molar-refractivity contribution in [3.63, 3.8) is 0 Å². The molecule has 0 saturated heterocycles. The van der Waals surface area contributed by atoms with Gasteiger partial charge in [0.1, 0.15) is 0 Å². The number of aryl methyl sites for hydroxylation is 1. The van der Waals surface area contributed by atoms with E-state index in [2.05, 4.69) is 0 Å². The molecule has 0 fully saturated rings. The lowest BCUT2D eigenvalue weighted by Gasteiger charge is -2.24. The van der Waals surface area contributed by atoms with Crippen LogP contribution in [0.2, 0.25) is 0 Å². The molecule has 1 aromatic rings. The zero-order chi connectivity index (χ0) is 15.3. The molecule has 0 bridgehead atoms. The van der Waals surface area contributed by atoms with Crippen molar-refractivity contribution in [2.75, 3.05) is 13.1 Å². The van der Waals surface area contributed by atoms with Crippen LogP contribution in [0.15, 0.2) is 23.1 Å². The van der Waals surface area contributed by atoms with Crippen LogP contribution in [0.5, 0.6) is 0 Å². The second kappa shape index (κ2) is 7.20. The first-order valence-electron chi connectivity index (χ1n) is 7.18. The van der Waals surface area contributed by atoms with Crippen LogP contribution >= 0.6 is 0 Å². The largest absolute Gasteiger partial charge is 0.326 e. The quantitative estimate of drug-likeness (QED) is 0.840. The number of hydrogen-bond acceptors (Lipinski definition) is 3. The van der Waals surface area contributed by atoms with Gasteiger partial charge in [0.15, 0.2) is 0 Å². The van der Waals surface area contributed by atoms with Gasteiger partial charge in [0, 0.05) is 19.6 Å². The summed E-state index contributed by atoms with van der Waals surface area (Å²) in [5.74, 6) is 0.299. The highest BCUT2D eigenvalue weighted by atomic mass is 32.2. The van der Waals surface area contributed by atoms with Crippen LogP contribution in [-0.4, -0.2) is 25.8 Å². The molecule has 0 atom stereocenters. The van der Waals surface area contributed by atoms with Crippen LogP contribution in [0, 0.1) is 5.92 Å². The Bertz CT molecular complexity index is 539. The second-order valence-corrected chi connectivity index (χ2v) is 7.26. The second-order valence-electron chi connectivity index (χ2n) is 5.35. The average Bonchev–Trinajstić information content (AvgIpc) is 2.43. The van der Waals surface area contributed by atoms with Gasteiger partial charge in [0.25, 0.3) is 0 Å². The number of rotatable bonds is 7. The Hall–Kier alpha value is -0.910. The fourth-order valence-electron chi connectivity index (χ4n) is 2.20. The van der Waals surface area contributed by atoms with E-state index in [4.69, 9.17) is 5.73 Å². The van der Waals surface area contributed by atoms with E-state index >= 15 is 0 Å². The molecule has 0 aliphatic carbocycles. The third-order valence-corrected chi connectivity index (χ3v) is 5.31. The Morgan fingerprint density at radius 3 is 2.35 bits per heavy atom. The molecule has 0 aromatic heterocycles. The first kappa shape index (κ1) is 17.1. The summed E-state index contributed by atoms with van der Waals surface area (Å²) in [6, 6.07) is 5.49. The maximum absolute atomic E-state index is 12.8. The highest BCUT2D eigenvalue weighted by molar-refractivity contribution is 7.89. The van der Waals surface area contributed by atoms with Gasteiger partial charge < -0.3 is 5.73 Å². The van der Waals surface area contributed by atoms with Gasteiger partial charge in [-0.05, 0) is 29.5 Å². The normalized spacial score (nSPS) is 12.3. The molecule has 4 nitrogen and oxygen atoms in total. The summed E-state index contributed by atoms with van der Waals surface area (Å²) in [5.41, 5.74) is 7.33. The Kier molecular flexibility index (Phi) is 6.17. The van der Waals surface area contributed by atoms with E-state index in [1.807, 2.05) is 39.8 Å². The first-order chi connectivity index (χ1) is 9.36. The number of nitrogens with zero attached hydrogens (tertiary/aromatic N) is 1. The molecule has 20 heavy (non-hydrogen) atoms. The molecule has 2 N–H and O–H groups in total. The standard InChI is InChI=1S/C15H26N2O2S/c1-5-14-8-7-13(10-16)9-15(14)20(18,19)17(6-2)11-12(3)4/h7-9,12H,5-6,10-11,16H2,1-4H3. The molecule has 5 heteroatoms. The minimum absolute atomic E-state index is 0.299. The number of nitrogens with two attached hydrogens (primary N) is 1. The summed E-state index contributed by atoms with van der Waals surface area (Å²) in [5, 5.41) is 0. The molecular weight excluding hydrogens is 272 g/mol. The fourth-order valence-corrected chi connectivity index (χ4v) is 4.16. The van der Waals surface area contributed by atoms with Crippen molar-refractivity contribution in [3.8, 4) is 0 Å². The molecule has 0 aliphatic rings. The van der Waals surface area contributed by atoms with Crippen molar-refractivity contribution in [2.45, 2.75) is 45.6 Å². The van der Waals surface area contributed by atoms with Crippen molar-refractivity contribution < 1.29 is 8.42 Å². The average molecular weight is 298 g/mol. The number of benzene rings is 1. The molecule has 0 amide bonds. The summed E-state index contributed by atoms with van der Waals surface area (Å²) in [7, 11) is -3.44. The molecular formula is C15H26N2O2S. The van der Waals surface area contributed by atoms with E-state index in [0.717, 1.165) is 11.1 Å². The Labute approximate surface area is 123 Å². The zero-order valence-electron chi connectivity index (χ0n) is 12.9. The number of hydrogen-bond donors (Lipinski definition) is 1. The lowest BCUT2D eigenvalue weighted by atomic mass is 10.1. The van der Waals surface area contributed by atoms with Crippen LogP contribution in [0.25, 0.3) is 0 Å². The van der Waals surface area contributed by atoms with Crippen molar-refractivity contribution in [1.29, 1.82) is 0 Å². The molecule has 0 aliphatic heterocycles. The molecule has 1 rings (SSSR count). The van der Waals surface area contributed by atoms with Crippen LogP contribution in [0.4, 0.5) is 0 Å². The molecule has 0 radical (unpaired) electrons. The summed E-state index contributed by atoms with van der Waals surface area (Å²) < 4.78 is 27.2. The van der Waals surface area contributed by atoms with E-state index in [1.165, 1.54) is 0 Å². The summed E-state index contributed by atoms with van der Waals surface area (Å²) in [6.07, 6.45) is 0.693. The third-order valence-electron chi connectivity index (χ3n) is 3.29. The molecule has 0 saturated carbocycles. The lowest BCUT2D eigenvalue weighted by Crippen LogP contribution is -2.34. The van der Waals surface area contributed by atoms with Gasteiger partial charge >= 0.3 is 0 Å². The van der Waals surface area contributed by atoms with Crippen LogP contribution in [0.1, 0.15) is 38.8 Å². The van der Waals surface area contributed by atoms with E-state index in [-0.39, 0.29) is 0 Å². The monoisotopic (exact) mass is 298 g/mol. The van der Waals surface area contributed by atoms with Gasteiger partial charge in [-0.3, -0.25) is 0 Å². The zero-order valence-corrected chi connectivity index (χ0v) is 13.7. The highest BCUT2D eigenvalue weighted by Gasteiger charge is 2.26. The maximum Gasteiger partial charge on any atom is 0.243 e. The Morgan fingerprint density at radius 2 is 1.90 bits per heavy atom. The van der Waals surface area contributed by atoms with Crippen LogP contribution < -0.4 is 5.73 Å². The van der Waals surface area contributed by atoms with Gasteiger partial charge in [-0.25, -0.2) is 8.42 Å². The maximum atomic E-state index is 12.8. The third kappa shape index (κ3) is 3.81. The SMILES string of the molecule is CCc1ccc(CN)cc1S(=O)(=O)N(CC)CC(C)C. The van der Waals surface area contributed by atoms with Crippen LogP contribution in [0.3, 0.4) is 0 Å². The Balaban J connectivity index is 3.31. The van der Waals surface area contributed by atoms with Gasteiger partial charge in [-0.1, -0.05) is 39.8 Å². The summed E-state index contributed by atoms with van der Waals surface area (Å²) in [6.45, 7) is 9.26. The number of sulfonamides is 1. The lowest BCUT2D eigenvalue weighted by molar-refractivity contribution is 0.380. The topological polar surface area (TPSA) is 63.4 Å². The van der Waals surface area contributed by atoms with E-state index in [0.29, 0.717) is 36.9 Å². The molecule has 0 unspecified atom stereocenters. The predicted molar refractivity (Wildman–Crippen MR) is 83.0 cm³/mol. The molecule has 0 spiro atoms. The van der Waals surface area contributed by atoms with Crippen LogP contribution in [-0.2, 0) is 23.0 Å². The highest BCUT2D eigenvalue weighted by Crippen LogP contribution is 2.23. The van der Waals surface area contributed by atoms with E-state index in [1.54, 1.807) is 10.4 Å². The molecule has 0 heterocycles. The van der Waals surface area contributed by atoms with Crippen molar-refractivity contribution >= 4 is 10.0 Å². The predicted octanol–water partition coefficient (Wildman–Crippen LogP) is 2.37. The van der Waals surface area contributed by atoms with Crippen molar-refractivity contribution in [3.05, 3.63) is 29.3 Å². The van der Waals surface area contributed by atoms with Gasteiger partial charge in [0.05, 0.1) is 4.90 Å². The van der Waals surface area contributed by atoms with Gasteiger partial charge in [0.2, 0.25) is 10.0 Å². The van der Waals surface area contributed by atoms with Gasteiger partial charge in [-0.15, -0.1) is 0 Å². The first-order valence-corrected chi connectivity index (χ1v) is 8.62. The van der Waals surface area contributed by atoms with Crippen molar-refractivity contribution in [1.82, 2.24) is 4.31 Å². The summed E-state index contributed by atoms with van der Waals surface area (Å²) >= 11 is 0. The van der Waals surface area contributed by atoms with E-state index < -0.39 is 10.0 Å². The smallest absolute Gasteiger partial charge is 0.243 e. The van der Waals surface area contributed by atoms with Gasteiger partial charge in [-0.2, -0.15) is 4.31 Å². The minimum Gasteiger partial charge on any atom is -0.326 e. The summed E-state index contributed by atoms with van der Waals surface area (Å²) in [4.78, 5) is 0.408. The van der Waals surface area contributed by atoms with E-state index in [9.17, 15) is 8.42 Å². The molecule has 114 valence electrons.